The number of benzene rings is 1. The molecule has 122 valence electrons. The predicted octanol–water partition coefficient (Wildman–Crippen LogP) is 1.05. The largest absolute Gasteiger partial charge is 0.497 e. The van der Waals surface area contributed by atoms with Crippen molar-refractivity contribution in [2.45, 2.75) is 19.4 Å². The molecule has 8 heteroatoms. The lowest BCUT2D eigenvalue weighted by Gasteiger charge is -2.19. The highest BCUT2D eigenvalue weighted by Gasteiger charge is 2.30. The maximum atomic E-state index is 11.8. The number of methoxy groups -OCH3 is 1. The Morgan fingerprint density at radius 2 is 2.05 bits per heavy atom. The zero-order valence-electron chi connectivity index (χ0n) is 12.7. The number of aliphatic hydroxyl groups is 1. The molecule has 0 spiro atoms. The van der Waals surface area contributed by atoms with E-state index in [1.54, 1.807) is 25.1 Å². The molecule has 0 radical (unpaired) electrons. The van der Waals surface area contributed by atoms with Crippen LogP contribution in [0.5, 0.6) is 11.5 Å². The number of carboxylic acid groups (broad SMARTS) is 1. The lowest BCUT2D eigenvalue weighted by atomic mass is 10.1. The van der Waals surface area contributed by atoms with E-state index >= 15 is 0 Å². The first-order valence-electron chi connectivity index (χ1n) is 6.61. The lowest BCUT2D eigenvalue weighted by Crippen LogP contribution is -2.47. The van der Waals surface area contributed by atoms with E-state index in [0.717, 1.165) is 6.92 Å². The highest BCUT2D eigenvalue weighted by Crippen LogP contribution is 2.29. The van der Waals surface area contributed by atoms with Gasteiger partial charge in [0.05, 0.1) is 25.9 Å². The van der Waals surface area contributed by atoms with Gasteiger partial charge in [-0.3, -0.25) is 0 Å². The quantitative estimate of drug-likeness (QED) is 0.598. The summed E-state index contributed by atoms with van der Waals surface area (Å²) >= 11 is 0. The Hall–Kier alpha value is -2.48. The van der Waals surface area contributed by atoms with E-state index in [-0.39, 0.29) is 0 Å². The number of carbonyl (C=O) groups excluding carboxylic acids is 1. The first-order chi connectivity index (χ1) is 10.3. The highest BCUT2D eigenvalue weighted by molar-refractivity contribution is 5.91. The lowest BCUT2D eigenvalue weighted by molar-refractivity contribution is -0.155. The maximum absolute atomic E-state index is 11.8. The summed E-state index contributed by atoms with van der Waals surface area (Å²) in [5.74, 6) is -0.455. The van der Waals surface area contributed by atoms with Crippen molar-refractivity contribution < 1.29 is 29.3 Å². The van der Waals surface area contributed by atoms with Crippen molar-refractivity contribution in [2.24, 2.45) is 0 Å². The van der Waals surface area contributed by atoms with Gasteiger partial charge in [-0.05, 0) is 26.0 Å². The normalized spacial score (nSPS) is 12.9. The van der Waals surface area contributed by atoms with E-state index in [9.17, 15) is 14.7 Å². The smallest absolute Gasteiger partial charge is 0.337 e. The Bertz CT molecular complexity index is 544. The molecule has 0 bridgehead atoms. The Morgan fingerprint density at radius 1 is 1.36 bits per heavy atom. The van der Waals surface area contributed by atoms with E-state index in [1.807, 2.05) is 0 Å². The molecular weight excluding hydrogens is 292 g/mol. The minimum Gasteiger partial charge on any atom is -0.497 e. The van der Waals surface area contributed by atoms with Gasteiger partial charge in [0, 0.05) is 6.07 Å². The van der Waals surface area contributed by atoms with Crippen LogP contribution in [0.1, 0.15) is 13.8 Å². The summed E-state index contributed by atoms with van der Waals surface area (Å²) < 4.78 is 10.4. The summed E-state index contributed by atoms with van der Waals surface area (Å²) in [6.45, 7) is 2.86. The molecule has 4 N–H and O–H groups in total. The van der Waals surface area contributed by atoms with Gasteiger partial charge in [-0.1, -0.05) is 0 Å². The van der Waals surface area contributed by atoms with Gasteiger partial charge in [0.15, 0.2) is 5.60 Å². The third-order valence-corrected chi connectivity index (χ3v) is 2.79. The van der Waals surface area contributed by atoms with Crippen molar-refractivity contribution in [1.29, 1.82) is 0 Å². The summed E-state index contributed by atoms with van der Waals surface area (Å²) in [7, 11) is 1.49. The van der Waals surface area contributed by atoms with Crippen molar-refractivity contribution in [2.75, 3.05) is 25.6 Å². The number of hydrogen-bond acceptors (Lipinski definition) is 5. The number of aliphatic carboxylic acids is 1. The minimum absolute atomic E-state index is 0.369. The third-order valence-electron chi connectivity index (χ3n) is 2.79. The summed E-state index contributed by atoms with van der Waals surface area (Å²) in [6, 6.07) is 4.23. The van der Waals surface area contributed by atoms with Crippen LogP contribution < -0.4 is 20.1 Å². The Labute approximate surface area is 128 Å². The molecule has 0 aromatic heterocycles. The third kappa shape index (κ3) is 4.81. The number of nitrogens with one attached hydrogen (secondary N) is 2. The Kier molecular flexibility index (Phi) is 6.00. The predicted molar refractivity (Wildman–Crippen MR) is 79.4 cm³/mol. The molecule has 2 amide bonds. The number of carboxylic acids is 1. The summed E-state index contributed by atoms with van der Waals surface area (Å²) in [6.07, 6.45) is 0. The second-order valence-corrected chi connectivity index (χ2v) is 4.68. The first-order valence-corrected chi connectivity index (χ1v) is 6.61. The average molecular weight is 312 g/mol. The summed E-state index contributed by atoms with van der Waals surface area (Å²) in [5.41, 5.74) is -1.68. The Balaban J connectivity index is 2.76. The second-order valence-electron chi connectivity index (χ2n) is 4.68. The SMILES string of the molecule is CCOc1ccc(OC)cc1NC(=O)NCC(C)(O)C(=O)O. The molecule has 1 aromatic rings. The van der Waals surface area contributed by atoms with E-state index in [4.69, 9.17) is 14.6 Å². The number of hydrogen-bond donors (Lipinski definition) is 4. The van der Waals surface area contributed by atoms with E-state index < -0.39 is 24.1 Å². The molecule has 0 saturated heterocycles. The van der Waals surface area contributed by atoms with Gasteiger partial charge in [0.1, 0.15) is 11.5 Å². The molecule has 0 aliphatic rings. The van der Waals surface area contributed by atoms with Crippen LogP contribution in [0.4, 0.5) is 10.5 Å². The number of anilines is 1. The van der Waals surface area contributed by atoms with E-state index in [1.165, 1.54) is 7.11 Å². The van der Waals surface area contributed by atoms with Crippen LogP contribution in [0.2, 0.25) is 0 Å². The van der Waals surface area contributed by atoms with Gasteiger partial charge in [-0.25, -0.2) is 9.59 Å². The molecule has 1 rings (SSSR count). The molecule has 0 heterocycles. The second kappa shape index (κ2) is 7.51. The number of urea groups is 1. The first kappa shape index (κ1) is 17.6. The van der Waals surface area contributed by atoms with Crippen molar-refractivity contribution in [3.05, 3.63) is 18.2 Å². The zero-order chi connectivity index (χ0) is 16.8. The number of carbonyl (C=O) groups is 2. The van der Waals surface area contributed by atoms with Crippen LogP contribution in [0.25, 0.3) is 0 Å². The van der Waals surface area contributed by atoms with Crippen molar-refractivity contribution in [3.63, 3.8) is 0 Å². The Morgan fingerprint density at radius 3 is 2.59 bits per heavy atom. The van der Waals surface area contributed by atoms with Gasteiger partial charge >= 0.3 is 12.0 Å². The van der Waals surface area contributed by atoms with Crippen molar-refractivity contribution in [1.82, 2.24) is 5.32 Å². The maximum Gasteiger partial charge on any atom is 0.337 e. The number of rotatable bonds is 7. The van der Waals surface area contributed by atoms with Gasteiger partial charge < -0.3 is 30.3 Å². The molecule has 8 nitrogen and oxygen atoms in total. The monoisotopic (exact) mass is 312 g/mol. The fourth-order valence-corrected chi connectivity index (χ4v) is 1.51. The molecule has 22 heavy (non-hydrogen) atoms. The van der Waals surface area contributed by atoms with Crippen LogP contribution in [0.3, 0.4) is 0 Å². The molecule has 0 aliphatic carbocycles. The topological polar surface area (TPSA) is 117 Å². The van der Waals surface area contributed by atoms with Crippen LogP contribution >= 0.6 is 0 Å². The van der Waals surface area contributed by atoms with Crippen LogP contribution in [0.15, 0.2) is 18.2 Å². The fourth-order valence-electron chi connectivity index (χ4n) is 1.51. The van der Waals surface area contributed by atoms with E-state index in [0.29, 0.717) is 23.8 Å². The summed E-state index contributed by atoms with van der Waals surface area (Å²) in [4.78, 5) is 22.6. The van der Waals surface area contributed by atoms with Gasteiger partial charge in [-0.15, -0.1) is 0 Å². The molecule has 1 atom stereocenters. The van der Waals surface area contributed by atoms with Crippen LogP contribution in [-0.4, -0.2) is 48.1 Å². The molecular formula is C14H20N2O6. The molecule has 1 unspecified atom stereocenters. The number of ether oxygens (including phenoxy) is 2. The highest BCUT2D eigenvalue weighted by atomic mass is 16.5. The molecule has 0 saturated carbocycles. The standard InChI is InChI=1S/C14H20N2O6/c1-4-22-11-6-5-9(21-3)7-10(11)16-13(19)15-8-14(2,20)12(17)18/h5-7,20H,4,8H2,1-3H3,(H,17,18)(H2,15,16,19). The summed E-state index contributed by atoms with van der Waals surface area (Å²) in [5, 5.41) is 23.1. The van der Waals surface area contributed by atoms with Gasteiger partial charge in [0.2, 0.25) is 0 Å². The van der Waals surface area contributed by atoms with Crippen LogP contribution in [-0.2, 0) is 4.79 Å². The van der Waals surface area contributed by atoms with Crippen LogP contribution in [0, 0.1) is 0 Å². The van der Waals surface area contributed by atoms with Crippen molar-refractivity contribution in [3.8, 4) is 11.5 Å². The fraction of sp³-hybridized carbons (Fsp3) is 0.429. The van der Waals surface area contributed by atoms with Crippen molar-refractivity contribution >= 4 is 17.7 Å². The zero-order valence-corrected chi connectivity index (χ0v) is 12.7. The van der Waals surface area contributed by atoms with Gasteiger partial charge in [-0.2, -0.15) is 0 Å². The molecule has 1 aromatic carbocycles. The number of amides is 2. The average Bonchev–Trinajstić information content (AvgIpc) is 2.47. The minimum atomic E-state index is -2.05. The van der Waals surface area contributed by atoms with E-state index in [2.05, 4.69) is 10.6 Å². The van der Waals surface area contributed by atoms with Gasteiger partial charge in [0.25, 0.3) is 0 Å². The molecule has 0 aliphatic heterocycles. The molecule has 0 fully saturated rings.